The van der Waals surface area contributed by atoms with Gasteiger partial charge in [-0.15, -0.1) is 0 Å². The SMILES string of the molecule is CC(=O)[C@H](CCCNC(N)=O)NC(=O)[C@@H](NC(=O)[C@H](CCC(=O)O)NC(=O)C(C)(C)CO)C(C)C. The number of amides is 5. The Kier molecular flexibility index (Phi) is 13.5. The fourth-order valence-corrected chi connectivity index (χ4v) is 2.91. The first-order valence-electron chi connectivity index (χ1n) is 11.4. The molecule has 0 saturated carbocycles. The molecule has 0 aromatic heterocycles. The van der Waals surface area contributed by atoms with Gasteiger partial charge in [0.2, 0.25) is 17.7 Å². The average molecular weight is 502 g/mol. The number of ketones is 1. The Hall–Kier alpha value is -3.22. The Morgan fingerprint density at radius 1 is 0.914 bits per heavy atom. The molecule has 0 saturated heterocycles. The molecule has 200 valence electrons. The number of rotatable bonds is 16. The third-order valence-corrected chi connectivity index (χ3v) is 5.30. The van der Waals surface area contributed by atoms with Gasteiger partial charge in [0.05, 0.1) is 18.1 Å². The smallest absolute Gasteiger partial charge is 0.312 e. The van der Waals surface area contributed by atoms with Crippen molar-refractivity contribution in [3.63, 3.8) is 0 Å². The van der Waals surface area contributed by atoms with E-state index in [0.717, 1.165) is 0 Å². The number of aliphatic hydroxyl groups excluding tert-OH is 1. The number of nitrogens with one attached hydrogen (secondary N) is 4. The van der Waals surface area contributed by atoms with Crippen LogP contribution >= 0.6 is 0 Å². The summed E-state index contributed by atoms with van der Waals surface area (Å²) in [5.41, 5.74) is 3.78. The number of Topliss-reactive ketones (excluding diaryl/α,β-unsaturated/α-hetero) is 1. The van der Waals surface area contributed by atoms with Crippen molar-refractivity contribution < 1.29 is 39.0 Å². The number of carbonyl (C=O) groups is 6. The van der Waals surface area contributed by atoms with Crippen LogP contribution in [0, 0.1) is 11.3 Å². The molecule has 0 aromatic carbocycles. The van der Waals surface area contributed by atoms with Gasteiger partial charge in [0.15, 0.2) is 5.78 Å². The lowest BCUT2D eigenvalue weighted by molar-refractivity contribution is -0.140. The maximum atomic E-state index is 12.9. The zero-order valence-corrected chi connectivity index (χ0v) is 21.0. The molecule has 5 amide bonds. The Balaban J connectivity index is 5.44. The summed E-state index contributed by atoms with van der Waals surface area (Å²) in [6.07, 6.45) is -0.0459. The van der Waals surface area contributed by atoms with E-state index in [0.29, 0.717) is 6.42 Å². The summed E-state index contributed by atoms with van der Waals surface area (Å²) in [7, 11) is 0. The van der Waals surface area contributed by atoms with Gasteiger partial charge in [0.25, 0.3) is 0 Å². The summed E-state index contributed by atoms with van der Waals surface area (Å²) < 4.78 is 0. The topological polar surface area (TPSA) is 217 Å². The molecule has 0 fully saturated rings. The minimum Gasteiger partial charge on any atom is -0.481 e. The number of aliphatic carboxylic acids is 1. The molecule has 0 rings (SSSR count). The van der Waals surface area contributed by atoms with E-state index in [4.69, 9.17) is 10.8 Å². The van der Waals surface area contributed by atoms with Gasteiger partial charge >= 0.3 is 12.0 Å². The van der Waals surface area contributed by atoms with Crippen molar-refractivity contribution in [1.29, 1.82) is 0 Å². The molecule has 8 N–H and O–H groups in total. The van der Waals surface area contributed by atoms with Gasteiger partial charge < -0.3 is 37.2 Å². The van der Waals surface area contributed by atoms with E-state index in [1.54, 1.807) is 13.8 Å². The number of urea groups is 1. The summed E-state index contributed by atoms with van der Waals surface area (Å²) in [6, 6.07) is -3.91. The van der Waals surface area contributed by atoms with Crippen molar-refractivity contribution in [3.05, 3.63) is 0 Å². The lowest BCUT2D eigenvalue weighted by atomic mass is 9.93. The monoisotopic (exact) mass is 501 g/mol. The number of nitrogens with two attached hydrogens (primary N) is 1. The number of carbonyl (C=O) groups excluding carboxylic acids is 5. The summed E-state index contributed by atoms with van der Waals surface area (Å²) in [4.78, 5) is 72.1. The maximum absolute atomic E-state index is 12.9. The molecule has 0 aliphatic rings. The molecule has 0 bridgehead atoms. The molecule has 13 nitrogen and oxygen atoms in total. The van der Waals surface area contributed by atoms with E-state index in [-0.39, 0.29) is 25.2 Å². The largest absolute Gasteiger partial charge is 0.481 e. The molecule has 0 spiro atoms. The Bertz CT molecular complexity index is 784. The van der Waals surface area contributed by atoms with E-state index in [9.17, 15) is 33.9 Å². The highest BCUT2D eigenvalue weighted by Crippen LogP contribution is 2.15. The minimum absolute atomic E-state index is 0.217. The van der Waals surface area contributed by atoms with Crippen molar-refractivity contribution in [2.24, 2.45) is 17.1 Å². The number of carboxylic acids is 1. The summed E-state index contributed by atoms with van der Waals surface area (Å²) in [6.45, 7) is 7.28. The van der Waals surface area contributed by atoms with Gasteiger partial charge in [-0.2, -0.15) is 0 Å². The summed E-state index contributed by atoms with van der Waals surface area (Å²) >= 11 is 0. The van der Waals surface area contributed by atoms with Crippen LogP contribution in [0.4, 0.5) is 4.79 Å². The second-order valence-corrected chi connectivity index (χ2v) is 9.34. The molecule has 0 aliphatic carbocycles. The number of carboxylic acid groups (broad SMARTS) is 1. The summed E-state index contributed by atoms with van der Waals surface area (Å²) in [5, 5.41) is 28.4. The van der Waals surface area contributed by atoms with Crippen molar-refractivity contribution >= 4 is 35.5 Å². The predicted octanol–water partition coefficient (Wildman–Crippen LogP) is -0.982. The molecule has 0 radical (unpaired) electrons. The van der Waals surface area contributed by atoms with Crippen LogP contribution in [0.15, 0.2) is 0 Å². The molecule has 0 aromatic rings. The van der Waals surface area contributed by atoms with Gasteiger partial charge in [0, 0.05) is 13.0 Å². The van der Waals surface area contributed by atoms with Gasteiger partial charge in [0.1, 0.15) is 12.1 Å². The van der Waals surface area contributed by atoms with Gasteiger partial charge in [-0.1, -0.05) is 13.8 Å². The van der Waals surface area contributed by atoms with E-state index in [2.05, 4.69) is 21.3 Å². The Morgan fingerprint density at radius 2 is 1.51 bits per heavy atom. The Labute approximate surface area is 204 Å². The van der Waals surface area contributed by atoms with E-state index in [1.807, 2.05) is 0 Å². The standard InChI is InChI=1S/C22H39N5O8/c1-12(2)17(19(33)25-14(13(3)29)7-6-10-24-21(23)35)27-18(32)15(8-9-16(30)31)26-20(34)22(4,5)11-28/h12,14-15,17,28H,6-11H2,1-5H3,(H,25,33)(H,26,34)(H,27,32)(H,30,31)(H3,23,24,35)/t14-,15-,17-/m0/s1. The first kappa shape index (κ1) is 31.8. The third kappa shape index (κ3) is 12.2. The van der Waals surface area contributed by atoms with E-state index >= 15 is 0 Å². The number of hydrogen-bond acceptors (Lipinski definition) is 7. The first-order chi connectivity index (χ1) is 16.1. The molecule has 0 heterocycles. The van der Waals surface area contributed by atoms with Crippen LogP contribution in [0.3, 0.4) is 0 Å². The van der Waals surface area contributed by atoms with Crippen LogP contribution in [0.25, 0.3) is 0 Å². The average Bonchev–Trinajstić information content (AvgIpc) is 2.75. The van der Waals surface area contributed by atoms with E-state index < -0.39 is 72.2 Å². The van der Waals surface area contributed by atoms with E-state index in [1.165, 1.54) is 20.8 Å². The molecular weight excluding hydrogens is 462 g/mol. The fourth-order valence-electron chi connectivity index (χ4n) is 2.91. The summed E-state index contributed by atoms with van der Waals surface area (Å²) in [5.74, 6) is -3.96. The molecule has 3 atom stereocenters. The van der Waals surface area contributed by atoms with Gasteiger partial charge in [-0.25, -0.2) is 4.79 Å². The van der Waals surface area contributed by atoms with Crippen LogP contribution in [-0.2, 0) is 24.0 Å². The lowest BCUT2D eigenvalue weighted by Gasteiger charge is -2.28. The predicted molar refractivity (Wildman–Crippen MR) is 126 cm³/mol. The molecular formula is C22H39N5O8. The number of primary amides is 1. The number of hydrogen-bond donors (Lipinski definition) is 7. The first-order valence-corrected chi connectivity index (χ1v) is 11.4. The Morgan fingerprint density at radius 3 is 1.97 bits per heavy atom. The van der Waals surface area contributed by atoms with Crippen LogP contribution in [0.5, 0.6) is 0 Å². The van der Waals surface area contributed by atoms with Crippen molar-refractivity contribution in [2.45, 2.75) is 78.4 Å². The number of aliphatic hydroxyl groups is 1. The molecule has 35 heavy (non-hydrogen) atoms. The third-order valence-electron chi connectivity index (χ3n) is 5.30. The maximum Gasteiger partial charge on any atom is 0.312 e. The second kappa shape index (κ2) is 14.9. The zero-order chi connectivity index (χ0) is 27.3. The second-order valence-electron chi connectivity index (χ2n) is 9.34. The molecule has 13 heteroatoms. The van der Waals surface area contributed by atoms with Gasteiger partial charge in [-0.3, -0.25) is 24.0 Å². The lowest BCUT2D eigenvalue weighted by Crippen LogP contribution is -2.58. The van der Waals surface area contributed by atoms with Crippen molar-refractivity contribution in [2.75, 3.05) is 13.2 Å². The normalized spacial score (nSPS) is 13.8. The zero-order valence-electron chi connectivity index (χ0n) is 21.0. The van der Waals surface area contributed by atoms with Crippen LogP contribution in [0.1, 0.15) is 60.3 Å². The highest BCUT2D eigenvalue weighted by Gasteiger charge is 2.34. The van der Waals surface area contributed by atoms with Crippen molar-refractivity contribution in [1.82, 2.24) is 21.3 Å². The van der Waals surface area contributed by atoms with Gasteiger partial charge in [-0.05, 0) is 46.0 Å². The molecule has 0 unspecified atom stereocenters. The highest BCUT2D eigenvalue weighted by molar-refractivity contribution is 5.95. The molecule has 0 aliphatic heterocycles. The van der Waals surface area contributed by atoms with Crippen LogP contribution < -0.4 is 27.0 Å². The fraction of sp³-hybridized carbons (Fsp3) is 0.727. The minimum atomic E-state index is -1.26. The van der Waals surface area contributed by atoms with Crippen molar-refractivity contribution in [3.8, 4) is 0 Å². The van der Waals surface area contributed by atoms with Crippen LogP contribution in [0.2, 0.25) is 0 Å². The van der Waals surface area contributed by atoms with Crippen LogP contribution in [-0.4, -0.2) is 77.0 Å². The quantitative estimate of drug-likeness (QED) is 0.130. The highest BCUT2D eigenvalue weighted by atomic mass is 16.4.